The number of piperidine rings is 3. The average molecular weight is 332 g/mol. The van der Waals surface area contributed by atoms with E-state index in [4.69, 9.17) is 4.42 Å². The molecule has 0 unspecified atom stereocenters. The molecule has 0 aliphatic carbocycles. The lowest BCUT2D eigenvalue weighted by Gasteiger charge is -2.54. The second kappa shape index (κ2) is 6.20. The van der Waals surface area contributed by atoms with Gasteiger partial charge in [-0.2, -0.15) is 0 Å². The number of oxazole rings is 1. The molecule has 2 bridgehead atoms. The average Bonchev–Trinajstić information content (AvgIpc) is 3.02. The van der Waals surface area contributed by atoms with Gasteiger partial charge in [0.15, 0.2) is 11.6 Å². The van der Waals surface area contributed by atoms with E-state index in [9.17, 15) is 9.59 Å². The number of carbonyl (C=O) groups excluding carboxylic acids is 2. The molecule has 0 radical (unpaired) electrons. The van der Waals surface area contributed by atoms with E-state index in [0.717, 1.165) is 32.4 Å². The van der Waals surface area contributed by atoms with Crippen molar-refractivity contribution in [2.75, 3.05) is 19.6 Å². The van der Waals surface area contributed by atoms with Gasteiger partial charge >= 0.3 is 0 Å². The second-order valence-corrected chi connectivity index (χ2v) is 7.20. The molecular weight excluding hydrogens is 308 g/mol. The molecular formula is C17H24N4O3. The van der Waals surface area contributed by atoms with Gasteiger partial charge in [-0.25, -0.2) is 4.98 Å². The molecule has 0 spiro atoms. The Bertz CT molecular complexity index is 644. The zero-order valence-electron chi connectivity index (χ0n) is 14.0. The summed E-state index contributed by atoms with van der Waals surface area (Å²) in [5.74, 6) is 1.45. The number of fused-ring (bicyclic) bond motifs is 4. The molecule has 0 saturated carbocycles. The Morgan fingerprint density at radius 3 is 3.08 bits per heavy atom. The molecule has 7 nitrogen and oxygen atoms in total. The van der Waals surface area contributed by atoms with Gasteiger partial charge in [0, 0.05) is 32.5 Å². The summed E-state index contributed by atoms with van der Waals surface area (Å²) in [7, 11) is 0. The van der Waals surface area contributed by atoms with Crippen molar-refractivity contribution in [3.05, 3.63) is 17.8 Å². The molecule has 2 amide bonds. The Morgan fingerprint density at radius 2 is 2.29 bits per heavy atom. The summed E-state index contributed by atoms with van der Waals surface area (Å²) in [5, 5.41) is 6.46. The third-order valence-electron chi connectivity index (χ3n) is 5.72. The smallest absolute Gasteiger partial charge is 0.273 e. The van der Waals surface area contributed by atoms with E-state index in [1.165, 1.54) is 6.26 Å². The SMILES string of the molecule is Cc1nc(C(=O)NC[C@H]2[C@@H]3CNC[C@H](C3)[C@@H]3CCCC(=O)N32)co1. The van der Waals surface area contributed by atoms with Crippen LogP contribution in [0.4, 0.5) is 0 Å². The van der Waals surface area contributed by atoms with Gasteiger partial charge in [-0.15, -0.1) is 0 Å². The Hall–Kier alpha value is -1.89. The molecule has 3 saturated heterocycles. The van der Waals surface area contributed by atoms with Crippen LogP contribution in [0.25, 0.3) is 0 Å². The number of nitrogens with zero attached hydrogens (tertiary/aromatic N) is 2. The summed E-state index contributed by atoms with van der Waals surface area (Å²) < 4.78 is 5.10. The minimum Gasteiger partial charge on any atom is -0.448 e. The number of rotatable bonds is 3. The maximum Gasteiger partial charge on any atom is 0.273 e. The molecule has 4 rings (SSSR count). The maximum absolute atomic E-state index is 12.6. The fraction of sp³-hybridized carbons (Fsp3) is 0.706. The van der Waals surface area contributed by atoms with Crippen molar-refractivity contribution in [1.82, 2.24) is 20.5 Å². The lowest BCUT2D eigenvalue weighted by molar-refractivity contribution is -0.148. The van der Waals surface area contributed by atoms with Crippen molar-refractivity contribution in [2.24, 2.45) is 11.8 Å². The van der Waals surface area contributed by atoms with Crippen LogP contribution in [-0.4, -0.2) is 53.4 Å². The monoisotopic (exact) mass is 332 g/mol. The van der Waals surface area contributed by atoms with Crippen molar-refractivity contribution < 1.29 is 14.0 Å². The Balaban J connectivity index is 1.49. The van der Waals surface area contributed by atoms with Crippen LogP contribution >= 0.6 is 0 Å². The van der Waals surface area contributed by atoms with Crippen LogP contribution in [0.1, 0.15) is 42.1 Å². The van der Waals surface area contributed by atoms with Crippen LogP contribution in [-0.2, 0) is 4.79 Å². The van der Waals surface area contributed by atoms with Crippen LogP contribution in [0, 0.1) is 18.8 Å². The lowest BCUT2D eigenvalue weighted by Crippen LogP contribution is -2.66. The Kier molecular flexibility index (Phi) is 4.04. The summed E-state index contributed by atoms with van der Waals surface area (Å²) in [5.41, 5.74) is 0.296. The van der Waals surface area contributed by atoms with E-state index in [1.54, 1.807) is 6.92 Å². The van der Waals surface area contributed by atoms with Gasteiger partial charge < -0.3 is 20.0 Å². The molecule has 3 fully saturated rings. The fourth-order valence-corrected chi connectivity index (χ4v) is 4.65. The predicted molar refractivity (Wildman–Crippen MR) is 86.3 cm³/mol. The van der Waals surface area contributed by atoms with E-state index >= 15 is 0 Å². The minimum atomic E-state index is -0.237. The molecule has 3 aliphatic heterocycles. The summed E-state index contributed by atoms with van der Waals surface area (Å²) in [6.07, 6.45) is 5.22. The number of aryl methyl sites for hydroxylation is 1. The highest BCUT2D eigenvalue weighted by Gasteiger charge is 2.47. The Labute approximate surface area is 141 Å². The number of hydrogen-bond acceptors (Lipinski definition) is 5. The highest BCUT2D eigenvalue weighted by Crippen LogP contribution is 2.39. The largest absolute Gasteiger partial charge is 0.448 e. The van der Waals surface area contributed by atoms with Crippen molar-refractivity contribution in [2.45, 2.75) is 44.7 Å². The van der Waals surface area contributed by atoms with Gasteiger partial charge in [0.25, 0.3) is 5.91 Å². The van der Waals surface area contributed by atoms with Gasteiger partial charge in [-0.3, -0.25) is 9.59 Å². The summed E-state index contributed by atoms with van der Waals surface area (Å²) in [4.78, 5) is 31.0. The van der Waals surface area contributed by atoms with Crippen molar-refractivity contribution in [1.29, 1.82) is 0 Å². The van der Waals surface area contributed by atoms with Gasteiger partial charge in [0.2, 0.25) is 5.91 Å². The van der Waals surface area contributed by atoms with Crippen LogP contribution in [0.3, 0.4) is 0 Å². The zero-order valence-corrected chi connectivity index (χ0v) is 14.0. The maximum atomic E-state index is 12.6. The van der Waals surface area contributed by atoms with E-state index in [1.807, 2.05) is 0 Å². The highest BCUT2D eigenvalue weighted by atomic mass is 16.3. The topological polar surface area (TPSA) is 87.5 Å². The molecule has 130 valence electrons. The molecule has 1 aromatic heterocycles. The van der Waals surface area contributed by atoms with E-state index in [0.29, 0.717) is 42.4 Å². The van der Waals surface area contributed by atoms with Crippen LogP contribution in [0.2, 0.25) is 0 Å². The lowest BCUT2D eigenvalue weighted by atomic mass is 9.72. The van der Waals surface area contributed by atoms with Gasteiger partial charge in [-0.05, 0) is 37.6 Å². The number of hydrogen-bond donors (Lipinski definition) is 2. The molecule has 4 atom stereocenters. The molecule has 3 aliphatic rings. The van der Waals surface area contributed by atoms with Crippen molar-refractivity contribution in [3.8, 4) is 0 Å². The van der Waals surface area contributed by atoms with Crippen LogP contribution in [0.15, 0.2) is 10.7 Å². The third-order valence-corrected chi connectivity index (χ3v) is 5.72. The molecule has 0 aromatic carbocycles. The van der Waals surface area contributed by atoms with Gasteiger partial charge in [0.05, 0.1) is 6.04 Å². The quantitative estimate of drug-likeness (QED) is 0.851. The van der Waals surface area contributed by atoms with Gasteiger partial charge in [0.1, 0.15) is 6.26 Å². The number of aromatic nitrogens is 1. The first-order valence-corrected chi connectivity index (χ1v) is 8.85. The number of nitrogens with one attached hydrogen (secondary N) is 2. The van der Waals surface area contributed by atoms with Crippen molar-refractivity contribution >= 4 is 11.8 Å². The summed E-state index contributed by atoms with van der Waals surface area (Å²) in [6.45, 7) is 4.10. The standard InChI is InChI=1S/C17H24N4O3/c1-10-20-13(9-24-10)17(23)19-8-15-12-5-11(6-18-7-12)14-3-2-4-16(22)21(14)15/h9,11-12,14-15,18H,2-8H2,1H3,(H,19,23)/t11-,12-,14-,15-/m0/s1. The van der Waals surface area contributed by atoms with Crippen LogP contribution < -0.4 is 10.6 Å². The van der Waals surface area contributed by atoms with E-state index < -0.39 is 0 Å². The first-order valence-electron chi connectivity index (χ1n) is 8.85. The van der Waals surface area contributed by atoms with E-state index in [2.05, 4.69) is 20.5 Å². The fourth-order valence-electron chi connectivity index (χ4n) is 4.65. The Morgan fingerprint density at radius 1 is 1.46 bits per heavy atom. The van der Waals surface area contributed by atoms with Crippen molar-refractivity contribution in [3.63, 3.8) is 0 Å². The number of amides is 2. The first-order chi connectivity index (χ1) is 11.6. The highest BCUT2D eigenvalue weighted by molar-refractivity contribution is 5.92. The second-order valence-electron chi connectivity index (χ2n) is 7.20. The number of carbonyl (C=O) groups is 2. The summed E-state index contributed by atoms with van der Waals surface area (Å²) >= 11 is 0. The summed E-state index contributed by atoms with van der Waals surface area (Å²) in [6, 6.07) is 0.398. The molecule has 7 heteroatoms. The normalized spacial score (nSPS) is 32.4. The molecule has 24 heavy (non-hydrogen) atoms. The molecule has 1 aromatic rings. The van der Waals surface area contributed by atoms with E-state index in [-0.39, 0.29) is 17.9 Å². The molecule has 2 N–H and O–H groups in total. The minimum absolute atomic E-state index is 0.0730. The van der Waals surface area contributed by atoms with Crippen LogP contribution in [0.5, 0.6) is 0 Å². The zero-order chi connectivity index (χ0) is 16.7. The first kappa shape index (κ1) is 15.6. The predicted octanol–water partition coefficient (Wildman–Crippen LogP) is 0.702. The molecule has 4 heterocycles. The third kappa shape index (κ3) is 2.70. The van der Waals surface area contributed by atoms with Gasteiger partial charge in [-0.1, -0.05) is 0 Å².